The molecule has 6 nitrogen and oxygen atoms in total. The van der Waals surface area contributed by atoms with Crippen molar-refractivity contribution in [1.29, 1.82) is 0 Å². The molecule has 0 radical (unpaired) electrons. The maximum atomic E-state index is 11.4. The van der Waals surface area contributed by atoms with Crippen LogP contribution in [0.1, 0.15) is 10.4 Å². The maximum Gasteiger partial charge on any atom is 0.337 e. The van der Waals surface area contributed by atoms with Crippen LogP contribution in [0.25, 0.3) is 11.1 Å². The Morgan fingerprint density at radius 1 is 0.889 bits per heavy atom. The van der Waals surface area contributed by atoms with Gasteiger partial charge in [-0.05, 0) is 47.5 Å². The van der Waals surface area contributed by atoms with E-state index in [0.29, 0.717) is 28.6 Å². The molecule has 3 aromatic rings. The average molecular weight is 364 g/mol. The largest absolute Gasteiger partial charge is 0.495 e. The molecule has 0 atom stereocenters. The van der Waals surface area contributed by atoms with Crippen molar-refractivity contribution in [3.05, 3.63) is 66.2 Å². The molecule has 3 rings (SSSR count). The van der Waals surface area contributed by atoms with E-state index in [1.54, 1.807) is 44.6 Å². The topological polar surface area (TPSA) is 93.8 Å². The highest BCUT2D eigenvalue weighted by Gasteiger charge is 2.12. The number of nitrogens with one attached hydrogen (secondary N) is 1. The van der Waals surface area contributed by atoms with Gasteiger partial charge in [0.2, 0.25) is 0 Å². The molecule has 3 aromatic carbocycles. The highest BCUT2D eigenvalue weighted by molar-refractivity contribution is 5.95. The molecule has 0 spiro atoms. The summed E-state index contributed by atoms with van der Waals surface area (Å²) in [6, 6.07) is 17.9. The monoisotopic (exact) mass is 364 g/mol. The number of aromatic carboxylic acids is 1. The Balaban J connectivity index is 1.97. The van der Waals surface area contributed by atoms with Crippen molar-refractivity contribution in [2.45, 2.75) is 0 Å². The molecule has 0 unspecified atom stereocenters. The predicted molar refractivity (Wildman–Crippen MR) is 106 cm³/mol. The number of nitrogens with two attached hydrogens (primary N) is 1. The number of carboxylic acid groups (broad SMARTS) is 1. The zero-order chi connectivity index (χ0) is 19.4. The number of para-hydroxylation sites is 1. The number of methoxy groups -OCH3 is 2. The molecule has 27 heavy (non-hydrogen) atoms. The second-order valence-electron chi connectivity index (χ2n) is 5.85. The SMILES string of the molecule is COc1cc(-c2ccc(Nc3ccccc3C(=O)O)c(OC)c2)ccc1N. The fourth-order valence-corrected chi connectivity index (χ4v) is 2.79. The van der Waals surface area contributed by atoms with Crippen molar-refractivity contribution < 1.29 is 19.4 Å². The Morgan fingerprint density at radius 3 is 2.19 bits per heavy atom. The van der Waals surface area contributed by atoms with E-state index in [4.69, 9.17) is 15.2 Å². The van der Waals surface area contributed by atoms with Crippen LogP contribution < -0.4 is 20.5 Å². The lowest BCUT2D eigenvalue weighted by Gasteiger charge is -2.15. The standard InChI is InChI=1S/C21H20N2O4/c1-26-19-11-13(7-9-16(19)22)14-8-10-18(20(12-14)27-2)23-17-6-4-3-5-15(17)21(24)25/h3-12,23H,22H2,1-2H3,(H,24,25). The Kier molecular flexibility index (Phi) is 5.17. The Morgan fingerprint density at radius 2 is 1.52 bits per heavy atom. The number of ether oxygens (including phenoxy) is 2. The normalized spacial score (nSPS) is 10.3. The van der Waals surface area contributed by atoms with Gasteiger partial charge in [0.25, 0.3) is 0 Å². The zero-order valence-corrected chi connectivity index (χ0v) is 15.0. The van der Waals surface area contributed by atoms with E-state index >= 15 is 0 Å². The quantitative estimate of drug-likeness (QED) is 0.562. The Hall–Kier alpha value is -3.67. The summed E-state index contributed by atoms with van der Waals surface area (Å²) in [6.45, 7) is 0. The van der Waals surface area contributed by atoms with Crippen LogP contribution >= 0.6 is 0 Å². The molecule has 0 aliphatic carbocycles. The lowest BCUT2D eigenvalue weighted by molar-refractivity contribution is 0.0698. The fraction of sp³-hybridized carbons (Fsp3) is 0.0952. The van der Waals surface area contributed by atoms with Crippen molar-refractivity contribution in [1.82, 2.24) is 0 Å². The van der Waals surface area contributed by atoms with Crippen LogP contribution in [0.4, 0.5) is 17.1 Å². The van der Waals surface area contributed by atoms with Gasteiger partial charge in [-0.15, -0.1) is 0 Å². The Bertz CT molecular complexity index is 986. The van der Waals surface area contributed by atoms with Crippen molar-refractivity contribution >= 4 is 23.0 Å². The summed E-state index contributed by atoms with van der Waals surface area (Å²) in [5, 5.41) is 12.5. The van der Waals surface area contributed by atoms with Crippen molar-refractivity contribution in [3.8, 4) is 22.6 Å². The smallest absolute Gasteiger partial charge is 0.337 e. The van der Waals surface area contributed by atoms with Crippen LogP contribution in [-0.4, -0.2) is 25.3 Å². The van der Waals surface area contributed by atoms with Gasteiger partial charge in [0.1, 0.15) is 11.5 Å². The minimum Gasteiger partial charge on any atom is -0.495 e. The molecule has 0 fully saturated rings. The fourth-order valence-electron chi connectivity index (χ4n) is 2.79. The molecular weight excluding hydrogens is 344 g/mol. The van der Waals surface area contributed by atoms with Gasteiger partial charge < -0.3 is 25.6 Å². The lowest BCUT2D eigenvalue weighted by Crippen LogP contribution is -2.03. The highest BCUT2D eigenvalue weighted by Crippen LogP contribution is 2.35. The van der Waals surface area contributed by atoms with E-state index in [0.717, 1.165) is 11.1 Å². The minimum absolute atomic E-state index is 0.187. The van der Waals surface area contributed by atoms with Crippen LogP contribution in [0, 0.1) is 0 Å². The van der Waals surface area contributed by atoms with E-state index in [1.165, 1.54) is 0 Å². The number of benzene rings is 3. The molecule has 0 aliphatic rings. The van der Waals surface area contributed by atoms with Gasteiger partial charge in [0.05, 0.1) is 36.8 Å². The van der Waals surface area contributed by atoms with E-state index in [-0.39, 0.29) is 5.56 Å². The van der Waals surface area contributed by atoms with Crippen LogP contribution in [0.3, 0.4) is 0 Å². The first-order chi connectivity index (χ1) is 13.0. The van der Waals surface area contributed by atoms with Gasteiger partial charge in [-0.2, -0.15) is 0 Å². The van der Waals surface area contributed by atoms with Crippen LogP contribution in [0.15, 0.2) is 60.7 Å². The van der Waals surface area contributed by atoms with Gasteiger partial charge in [-0.3, -0.25) is 0 Å². The van der Waals surface area contributed by atoms with E-state index in [1.807, 2.05) is 30.3 Å². The van der Waals surface area contributed by atoms with Gasteiger partial charge in [-0.25, -0.2) is 4.79 Å². The van der Waals surface area contributed by atoms with Crippen molar-refractivity contribution in [2.24, 2.45) is 0 Å². The summed E-state index contributed by atoms with van der Waals surface area (Å²) in [7, 11) is 3.14. The van der Waals surface area contributed by atoms with Crippen LogP contribution in [0.2, 0.25) is 0 Å². The molecule has 4 N–H and O–H groups in total. The first-order valence-corrected chi connectivity index (χ1v) is 8.24. The summed E-state index contributed by atoms with van der Waals surface area (Å²) in [5.74, 6) is 0.190. The maximum absolute atomic E-state index is 11.4. The first kappa shape index (κ1) is 18.1. The molecule has 0 heterocycles. The molecular formula is C21H20N2O4. The molecule has 0 amide bonds. The average Bonchev–Trinajstić information content (AvgIpc) is 2.69. The molecule has 138 valence electrons. The second kappa shape index (κ2) is 7.70. The number of hydrogen-bond donors (Lipinski definition) is 3. The van der Waals surface area contributed by atoms with E-state index in [9.17, 15) is 9.90 Å². The number of carbonyl (C=O) groups is 1. The van der Waals surface area contributed by atoms with Gasteiger partial charge in [0.15, 0.2) is 0 Å². The van der Waals surface area contributed by atoms with Gasteiger partial charge in [-0.1, -0.05) is 24.3 Å². The first-order valence-electron chi connectivity index (χ1n) is 8.24. The highest BCUT2D eigenvalue weighted by atomic mass is 16.5. The van der Waals surface area contributed by atoms with Crippen molar-refractivity contribution in [2.75, 3.05) is 25.3 Å². The number of rotatable bonds is 6. The van der Waals surface area contributed by atoms with E-state index < -0.39 is 5.97 Å². The van der Waals surface area contributed by atoms with Gasteiger partial charge >= 0.3 is 5.97 Å². The number of hydrogen-bond acceptors (Lipinski definition) is 5. The van der Waals surface area contributed by atoms with Crippen LogP contribution in [-0.2, 0) is 0 Å². The second-order valence-corrected chi connectivity index (χ2v) is 5.85. The predicted octanol–water partition coefficient (Wildman–Crippen LogP) is 4.39. The summed E-state index contributed by atoms with van der Waals surface area (Å²) in [4.78, 5) is 11.4. The zero-order valence-electron chi connectivity index (χ0n) is 15.0. The minimum atomic E-state index is -0.998. The number of anilines is 3. The number of nitrogen functional groups attached to an aromatic ring is 1. The van der Waals surface area contributed by atoms with Gasteiger partial charge in [0, 0.05) is 0 Å². The molecule has 6 heteroatoms. The van der Waals surface area contributed by atoms with E-state index in [2.05, 4.69) is 5.32 Å². The third-order valence-electron chi connectivity index (χ3n) is 4.20. The molecule has 0 saturated heterocycles. The molecule has 0 aromatic heterocycles. The summed E-state index contributed by atoms with van der Waals surface area (Å²) < 4.78 is 10.8. The summed E-state index contributed by atoms with van der Waals surface area (Å²) in [6.07, 6.45) is 0. The molecule has 0 aliphatic heterocycles. The molecule has 0 bridgehead atoms. The Labute approximate surface area is 157 Å². The lowest BCUT2D eigenvalue weighted by atomic mass is 10.0. The van der Waals surface area contributed by atoms with Crippen LogP contribution in [0.5, 0.6) is 11.5 Å². The third-order valence-corrected chi connectivity index (χ3v) is 4.20. The summed E-state index contributed by atoms with van der Waals surface area (Å²) >= 11 is 0. The third kappa shape index (κ3) is 3.79. The molecule has 0 saturated carbocycles. The number of carboxylic acids is 1. The van der Waals surface area contributed by atoms with Crippen molar-refractivity contribution in [3.63, 3.8) is 0 Å². The summed E-state index contributed by atoms with van der Waals surface area (Å²) in [5.41, 5.74) is 9.63.